The van der Waals surface area contributed by atoms with Crippen LogP contribution in [0.1, 0.15) is 42.6 Å². The van der Waals surface area contributed by atoms with Gasteiger partial charge in [-0.15, -0.1) is 0 Å². The van der Waals surface area contributed by atoms with E-state index in [0.29, 0.717) is 30.8 Å². The zero-order valence-corrected chi connectivity index (χ0v) is 11.4. The molecule has 1 amide bonds. The lowest BCUT2D eigenvalue weighted by molar-refractivity contribution is -0.0586. The monoisotopic (exact) mass is 252 g/mol. The summed E-state index contributed by atoms with van der Waals surface area (Å²) in [6, 6.07) is 0. The van der Waals surface area contributed by atoms with Crippen molar-refractivity contribution in [3.8, 4) is 0 Å². The van der Waals surface area contributed by atoms with E-state index in [2.05, 4.69) is 5.16 Å². The van der Waals surface area contributed by atoms with E-state index >= 15 is 0 Å². The maximum Gasteiger partial charge on any atom is 0.259 e. The molecule has 0 aliphatic carbocycles. The van der Waals surface area contributed by atoms with Gasteiger partial charge in [-0.2, -0.15) is 0 Å². The molecule has 0 spiro atoms. The van der Waals surface area contributed by atoms with Gasteiger partial charge in [0.15, 0.2) is 0 Å². The second-order valence-corrected chi connectivity index (χ2v) is 4.88. The van der Waals surface area contributed by atoms with Crippen molar-refractivity contribution >= 4 is 5.91 Å². The highest BCUT2D eigenvalue weighted by atomic mass is 16.5. The normalized spacial score (nSPS) is 24.3. The molecule has 2 heterocycles. The highest BCUT2D eigenvalue weighted by Gasteiger charge is 2.30. The molecule has 5 nitrogen and oxygen atoms in total. The standard InChI is InChI=1S/C13H20N2O3/c1-5-11-12(10(4)18-14-11)13(16)15-6-8(2)17-9(3)7-15/h8-9H,5-7H2,1-4H3/t8-,9-/m0/s1. The third-order valence-electron chi connectivity index (χ3n) is 3.19. The third kappa shape index (κ3) is 2.41. The third-order valence-corrected chi connectivity index (χ3v) is 3.19. The average Bonchev–Trinajstić information content (AvgIpc) is 2.68. The molecule has 18 heavy (non-hydrogen) atoms. The number of ether oxygens (including phenoxy) is 1. The van der Waals surface area contributed by atoms with Gasteiger partial charge in [0.25, 0.3) is 5.91 Å². The maximum atomic E-state index is 12.5. The number of carbonyl (C=O) groups excluding carboxylic acids is 1. The molecule has 0 radical (unpaired) electrons. The molecule has 1 aliphatic rings. The quantitative estimate of drug-likeness (QED) is 0.805. The van der Waals surface area contributed by atoms with Gasteiger partial charge >= 0.3 is 0 Å². The van der Waals surface area contributed by atoms with Crippen molar-refractivity contribution in [3.05, 3.63) is 17.0 Å². The first kappa shape index (κ1) is 13.1. The molecule has 2 rings (SSSR count). The van der Waals surface area contributed by atoms with Crippen molar-refractivity contribution in [2.75, 3.05) is 13.1 Å². The maximum absolute atomic E-state index is 12.5. The van der Waals surface area contributed by atoms with Crippen LogP contribution in [0.4, 0.5) is 0 Å². The van der Waals surface area contributed by atoms with Gasteiger partial charge in [0.1, 0.15) is 11.3 Å². The second kappa shape index (κ2) is 5.10. The van der Waals surface area contributed by atoms with E-state index < -0.39 is 0 Å². The molecule has 1 fully saturated rings. The molecule has 1 aromatic heterocycles. The summed E-state index contributed by atoms with van der Waals surface area (Å²) in [6.07, 6.45) is 0.847. The molecule has 1 aliphatic heterocycles. The van der Waals surface area contributed by atoms with E-state index in [-0.39, 0.29) is 18.1 Å². The Morgan fingerprint density at radius 1 is 1.39 bits per heavy atom. The van der Waals surface area contributed by atoms with Gasteiger partial charge in [-0.1, -0.05) is 12.1 Å². The number of hydrogen-bond donors (Lipinski definition) is 0. The zero-order valence-electron chi connectivity index (χ0n) is 11.4. The summed E-state index contributed by atoms with van der Waals surface area (Å²) in [5.74, 6) is 0.608. The Balaban J connectivity index is 2.22. The lowest BCUT2D eigenvalue weighted by Gasteiger charge is -2.35. The summed E-state index contributed by atoms with van der Waals surface area (Å²) in [5, 5.41) is 3.93. The Kier molecular flexibility index (Phi) is 3.71. The molecule has 0 unspecified atom stereocenters. The predicted molar refractivity (Wildman–Crippen MR) is 66.5 cm³/mol. The van der Waals surface area contributed by atoms with Crippen LogP contribution >= 0.6 is 0 Å². The summed E-state index contributed by atoms with van der Waals surface area (Å²) < 4.78 is 10.8. The Morgan fingerprint density at radius 3 is 2.56 bits per heavy atom. The number of hydrogen-bond acceptors (Lipinski definition) is 4. The van der Waals surface area contributed by atoms with Gasteiger partial charge in [-0.3, -0.25) is 4.79 Å². The second-order valence-electron chi connectivity index (χ2n) is 4.88. The molecule has 1 aromatic rings. The zero-order chi connectivity index (χ0) is 13.3. The van der Waals surface area contributed by atoms with Crippen LogP contribution < -0.4 is 0 Å². The minimum absolute atomic E-state index is 0.00704. The largest absolute Gasteiger partial charge is 0.372 e. The van der Waals surface area contributed by atoms with Gasteiger partial charge in [0.05, 0.1) is 17.9 Å². The summed E-state index contributed by atoms with van der Waals surface area (Å²) in [6.45, 7) is 8.97. The van der Waals surface area contributed by atoms with E-state index in [1.54, 1.807) is 6.92 Å². The van der Waals surface area contributed by atoms with E-state index in [1.165, 1.54) is 0 Å². The lowest BCUT2D eigenvalue weighted by Crippen LogP contribution is -2.48. The number of aromatic nitrogens is 1. The Labute approximate surface area is 107 Å². The van der Waals surface area contributed by atoms with Crippen LogP contribution in [0.2, 0.25) is 0 Å². The molecule has 5 heteroatoms. The predicted octanol–water partition coefficient (Wildman–Crippen LogP) is 1.79. The summed E-state index contributed by atoms with van der Waals surface area (Å²) in [5.41, 5.74) is 1.36. The van der Waals surface area contributed by atoms with Crippen molar-refractivity contribution in [2.45, 2.75) is 46.3 Å². The lowest BCUT2D eigenvalue weighted by atomic mass is 10.1. The highest BCUT2D eigenvalue weighted by Crippen LogP contribution is 2.19. The molecule has 0 bridgehead atoms. The minimum Gasteiger partial charge on any atom is -0.372 e. The van der Waals surface area contributed by atoms with Crippen molar-refractivity contribution < 1.29 is 14.1 Å². The van der Waals surface area contributed by atoms with Crippen molar-refractivity contribution in [3.63, 3.8) is 0 Å². The van der Waals surface area contributed by atoms with E-state index in [9.17, 15) is 4.79 Å². The Morgan fingerprint density at radius 2 is 2.00 bits per heavy atom. The van der Waals surface area contributed by atoms with Crippen LogP contribution in [0.15, 0.2) is 4.52 Å². The molecule has 2 atom stereocenters. The number of rotatable bonds is 2. The Hall–Kier alpha value is -1.36. The van der Waals surface area contributed by atoms with Gasteiger partial charge in [0, 0.05) is 13.1 Å². The number of morpholine rings is 1. The molecular weight excluding hydrogens is 232 g/mol. The van der Waals surface area contributed by atoms with Crippen LogP contribution in [-0.4, -0.2) is 41.3 Å². The van der Waals surface area contributed by atoms with E-state index in [0.717, 1.165) is 5.69 Å². The summed E-state index contributed by atoms with van der Waals surface area (Å²) in [7, 11) is 0. The van der Waals surface area contributed by atoms with Crippen LogP contribution in [0, 0.1) is 6.92 Å². The van der Waals surface area contributed by atoms with Gasteiger partial charge in [-0.25, -0.2) is 0 Å². The summed E-state index contributed by atoms with van der Waals surface area (Å²) in [4.78, 5) is 14.4. The van der Waals surface area contributed by atoms with Crippen LogP contribution in [0.3, 0.4) is 0 Å². The molecule has 0 saturated carbocycles. The van der Waals surface area contributed by atoms with E-state index in [1.807, 2.05) is 25.7 Å². The molecule has 0 N–H and O–H groups in total. The molecule has 100 valence electrons. The minimum atomic E-state index is 0.00704. The van der Waals surface area contributed by atoms with Gasteiger partial charge in [-0.05, 0) is 27.2 Å². The fraction of sp³-hybridized carbons (Fsp3) is 0.692. The number of nitrogens with zero attached hydrogens (tertiary/aromatic N) is 2. The number of carbonyl (C=O) groups is 1. The molecular formula is C13H20N2O3. The summed E-state index contributed by atoms with van der Waals surface area (Å²) >= 11 is 0. The van der Waals surface area contributed by atoms with Crippen LogP contribution in [0.5, 0.6) is 0 Å². The first-order valence-electron chi connectivity index (χ1n) is 6.42. The molecule has 1 saturated heterocycles. The van der Waals surface area contributed by atoms with Crippen LogP contribution in [-0.2, 0) is 11.2 Å². The SMILES string of the molecule is CCc1noc(C)c1C(=O)N1C[C@H](C)O[C@@H](C)C1. The smallest absolute Gasteiger partial charge is 0.259 e. The van der Waals surface area contributed by atoms with Crippen molar-refractivity contribution in [1.29, 1.82) is 0 Å². The average molecular weight is 252 g/mol. The number of amides is 1. The molecule has 0 aromatic carbocycles. The topological polar surface area (TPSA) is 55.6 Å². The first-order valence-corrected chi connectivity index (χ1v) is 6.42. The van der Waals surface area contributed by atoms with Gasteiger partial charge in [0.2, 0.25) is 0 Å². The first-order chi connectivity index (χ1) is 8.52. The van der Waals surface area contributed by atoms with Crippen molar-refractivity contribution in [1.82, 2.24) is 10.1 Å². The fourth-order valence-corrected chi connectivity index (χ4v) is 2.44. The van der Waals surface area contributed by atoms with Gasteiger partial charge < -0.3 is 14.2 Å². The Bertz CT molecular complexity index is 431. The fourth-order valence-electron chi connectivity index (χ4n) is 2.44. The van der Waals surface area contributed by atoms with Crippen molar-refractivity contribution in [2.24, 2.45) is 0 Å². The van der Waals surface area contributed by atoms with E-state index in [4.69, 9.17) is 9.26 Å². The van der Waals surface area contributed by atoms with Crippen LogP contribution in [0.25, 0.3) is 0 Å². The highest BCUT2D eigenvalue weighted by molar-refractivity contribution is 5.96. The number of aryl methyl sites for hydroxylation is 2.